The second-order valence-corrected chi connectivity index (χ2v) is 6.04. The molecule has 0 radical (unpaired) electrons. The van der Waals surface area contributed by atoms with E-state index in [4.69, 9.17) is 10.5 Å². The van der Waals surface area contributed by atoms with Gasteiger partial charge < -0.3 is 10.5 Å². The summed E-state index contributed by atoms with van der Waals surface area (Å²) in [6.45, 7) is 7.62. The zero-order chi connectivity index (χ0) is 14.5. The van der Waals surface area contributed by atoms with Crippen LogP contribution in [0.1, 0.15) is 50.3 Å². The van der Waals surface area contributed by atoms with Crippen LogP contribution >= 0.6 is 0 Å². The maximum Gasteiger partial charge on any atom is 0.123 e. The molecule has 1 aromatic rings. The van der Waals surface area contributed by atoms with Gasteiger partial charge in [0.15, 0.2) is 0 Å². The summed E-state index contributed by atoms with van der Waals surface area (Å²) in [6.07, 6.45) is 4.00. The van der Waals surface area contributed by atoms with Gasteiger partial charge in [-0.2, -0.15) is 0 Å². The Labute approximate surface area is 123 Å². The molecule has 0 aromatic heterocycles. The summed E-state index contributed by atoms with van der Waals surface area (Å²) in [4.78, 5) is 2.56. The third-order valence-corrected chi connectivity index (χ3v) is 3.98. The number of ether oxygens (including phenoxy) is 1. The van der Waals surface area contributed by atoms with Crippen LogP contribution in [0.15, 0.2) is 18.2 Å². The van der Waals surface area contributed by atoms with Crippen molar-refractivity contribution >= 4 is 0 Å². The van der Waals surface area contributed by atoms with Gasteiger partial charge in [0.2, 0.25) is 0 Å². The Morgan fingerprint density at radius 2 is 2.15 bits per heavy atom. The molecule has 3 nitrogen and oxygen atoms in total. The van der Waals surface area contributed by atoms with Gasteiger partial charge >= 0.3 is 0 Å². The normalized spacial score (nSPS) is 16.4. The fourth-order valence-corrected chi connectivity index (χ4v) is 2.66. The highest BCUT2D eigenvalue weighted by atomic mass is 16.5. The zero-order valence-electron chi connectivity index (χ0n) is 13.1. The lowest BCUT2D eigenvalue weighted by Gasteiger charge is -2.23. The van der Waals surface area contributed by atoms with Gasteiger partial charge in [0, 0.05) is 24.7 Å². The van der Waals surface area contributed by atoms with Crippen molar-refractivity contribution in [3.8, 4) is 5.75 Å². The van der Waals surface area contributed by atoms with Gasteiger partial charge in [0.05, 0.1) is 7.11 Å². The van der Waals surface area contributed by atoms with Crippen LogP contribution < -0.4 is 10.5 Å². The molecule has 0 bridgehead atoms. The highest BCUT2D eigenvalue weighted by Crippen LogP contribution is 2.31. The molecular formula is C17H28N2O. The van der Waals surface area contributed by atoms with Crippen LogP contribution in [0.3, 0.4) is 0 Å². The number of rotatable bonds is 8. The quantitative estimate of drug-likeness (QED) is 0.791. The summed E-state index contributed by atoms with van der Waals surface area (Å²) >= 11 is 0. The highest BCUT2D eigenvalue weighted by Gasteiger charge is 2.24. The number of methoxy groups -OCH3 is 1. The van der Waals surface area contributed by atoms with E-state index in [1.54, 1.807) is 7.11 Å². The predicted octanol–water partition coefficient (Wildman–Crippen LogP) is 3.34. The largest absolute Gasteiger partial charge is 0.496 e. The van der Waals surface area contributed by atoms with Crippen molar-refractivity contribution < 1.29 is 4.74 Å². The fraction of sp³-hybridized carbons (Fsp3) is 0.647. The van der Waals surface area contributed by atoms with Crippen molar-refractivity contribution in [2.24, 2.45) is 11.7 Å². The Hall–Kier alpha value is -1.06. The van der Waals surface area contributed by atoms with E-state index in [1.165, 1.54) is 36.9 Å². The van der Waals surface area contributed by atoms with Gasteiger partial charge in [-0.05, 0) is 56.3 Å². The highest BCUT2D eigenvalue weighted by molar-refractivity contribution is 5.38. The Morgan fingerprint density at radius 1 is 1.40 bits per heavy atom. The van der Waals surface area contributed by atoms with Crippen LogP contribution in [0.4, 0.5) is 0 Å². The van der Waals surface area contributed by atoms with E-state index in [9.17, 15) is 0 Å². The first kappa shape index (κ1) is 15.3. The molecule has 2 N–H and O–H groups in total. The summed E-state index contributed by atoms with van der Waals surface area (Å²) in [5, 5.41) is 0. The van der Waals surface area contributed by atoms with Crippen molar-refractivity contribution in [3.05, 3.63) is 29.3 Å². The minimum Gasteiger partial charge on any atom is -0.496 e. The van der Waals surface area contributed by atoms with Crippen LogP contribution in [0.5, 0.6) is 5.75 Å². The monoisotopic (exact) mass is 276 g/mol. The number of hydrogen-bond acceptors (Lipinski definition) is 3. The van der Waals surface area contributed by atoms with E-state index >= 15 is 0 Å². The van der Waals surface area contributed by atoms with Crippen molar-refractivity contribution in [1.82, 2.24) is 4.90 Å². The molecule has 0 aliphatic heterocycles. The molecule has 0 heterocycles. The maximum absolute atomic E-state index is 6.00. The predicted molar refractivity (Wildman–Crippen MR) is 83.9 cm³/mol. The van der Waals surface area contributed by atoms with E-state index in [2.05, 4.69) is 30.0 Å². The van der Waals surface area contributed by atoms with Crippen molar-refractivity contribution in [1.29, 1.82) is 0 Å². The van der Waals surface area contributed by atoms with Crippen LogP contribution in [0.25, 0.3) is 0 Å². The third kappa shape index (κ3) is 4.22. The van der Waals surface area contributed by atoms with E-state index in [0.717, 1.165) is 24.8 Å². The average Bonchev–Trinajstić information content (AvgIpc) is 3.22. The SMILES string of the molecule is CCCN(Cc1cc(C(C)N)ccc1OC)CC1CC1. The van der Waals surface area contributed by atoms with Crippen LogP contribution in [-0.2, 0) is 6.54 Å². The Bertz CT molecular complexity index is 427. The molecule has 2 rings (SSSR count). The molecule has 1 unspecified atom stereocenters. The molecule has 1 atom stereocenters. The summed E-state index contributed by atoms with van der Waals surface area (Å²) < 4.78 is 5.51. The Kier molecular flexibility index (Phi) is 5.44. The molecule has 1 saturated carbocycles. The maximum atomic E-state index is 6.00. The van der Waals surface area contributed by atoms with E-state index in [-0.39, 0.29) is 6.04 Å². The van der Waals surface area contributed by atoms with Gasteiger partial charge in [-0.1, -0.05) is 13.0 Å². The molecule has 0 saturated heterocycles. The smallest absolute Gasteiger partial charge is 0.123 e. The van der Waals surface area contributed by atoms with Gasteiger partial charge in [-0.25, -0.2) is 0 Å². The standard InChI is InChI=1S/C17H28N2O/c1-4-9-19(11-14-5-6-14)12-16-10-15(13(2)18)7-8-17(16)20-3/h7-8,10,13-14H,4-6,9,11-12,18H2,1-3H3. The summed E-state index contributed by atoms with van der Waals surface area (Å²) in [5.74, 6) is 1.90. The molecule has 1 fully saturated rings. The number of benzene rings is 1. The topological polar surface area (TPSA) is 38.5 Å². The molecule has 1 aliphatic carbocycles. The molecule has 20 heavy (non-hydrogen) atoms. The number of nitrogens with zero attached hydrogens (tertiary/aromatic N) is 1. The lowest BCUT2D eigenvalue weighted by Crippen LogP contribution is -2.26. The van der Waals surface area contributed by atoms with Crippen LogP contribution in [0, 0.1) is 5.92 Å². The lowest BCUT2D eigenvalue weighted by atomic mass is 10.0. The number of nitrogens with two attached hydrogens (primary N) is 1. The Morgan fingerprint density at radius 3 is 2.70 bits per heavy atom. The first-order valence-electron chi connectivity index (χ1n) is 7.78. The molecular weight excluding hydrogens is 248 g/mol. The summed E-state index contributed by atoms with van der Waals surface area (Å²) in [5.41, 5.74) is 8.44. The average molecular weight is 276 g/mol. The molecule has 0 amide bonds. The summed E-state index contributed by atoms with van der Waals surface area (Å²) in [6, 6.07) is 6.40. The first-order chi connectivity index (χ1) is 9.63. The van der Waals surface area contributed by atoms with Crippen LogP contribution in [0.2, 0.25) is 0 Å². The lowest BCUT2D eigenvalue weighted by molar-refractivity contribution is 0.251. The second-order valence-electron chi connectivity index (χ2n) is 6.04. The van der Waals surface area contributed by atoms with E-state index in [0.29, 0.717) is 0 Å². The zero-order valence-corrected chi connectivity index (χ0v) is 13.1. The first-order valence-corrected chi connectivity index (χ1v) is 7.78. The second kappa shape index (κ2) is 7.09. The minimum atomic E-state index is 0.0720. The molecule has 0 spiro atoms. The molecule has 1 aromatic carbocycles. The molecule has 3 heteroatoms. The third-order valence-electron chi connectivity index (χ3n) is 3.98. The van der Waals surface area contributed by atoms with Crippen molar-refractivity contribution in [2.45, 2.75) is 45.7 Å². The van der Waals surface area contributed by atoms with Crippen molar-refractivity contribution in [2.75, 3.05) is 20.2 Å². The van der Waals surface area contributed by atoms with E-state index in [1.807, 2.05) is 6.92 Å². The summed E-state index contributed by atoms with van der Waals surface area (Å²) in [7, 11) is 1.75. The van der Waals surface area contributed by atoms with Crippen LogP contribution in [-0.4, -0.2) is 25.1 Å². The van der Waals surface area contributed by atoms with Crippen molar-refractivity contribution in [3.63, 3.8) is 0 Å². The van der Waals surface area contributed by atoms with E-state index < -0.39 is 0 Å². The van der Waals surface area contributed by atoms with Gasteiger partial charge in [-0.3, -0.25) is 4.90 Å². The Balaban J connectivity index is 2.12. The van der Waals surface area contributed by atoms with Gasteiger partial charge in [0.1, 0.15) is 5.75 Å². The number of hydrogen-bond donors (Lipinski definition) is 1. The molecule has 112 valence electrons. The minimum absolute atomic E-state index is 0.0720. The van der Waals surface area contributed by atoms with Gasteiger partial charge in [0.25, 0.3) is 0 Å². The van der Waals surface area contributed by atoms with Gasteiger partial charge in [-0.15, -0.1) is 0 Å². The fourth-order valence-electron chi connectivity index (χ4n) is 2.66. The molecule has 1 aliphatic rings.